The van der Waals surface area contributed by atoms with E-state index >= 15 is 0 Å². The normalized spacial score (nSPS) is 20.4. The van der Waals surface area contributed by atoms with E-state index in [4.69, 9.17) is 0 Å². The lowest BCUT2D eigenvalue weighted by molar-refractivity contribution is 0.156. The molecule has 21 heavy (non-hydrogen) atoms. The molecule has 0 spiro atoms. The Morgan fingerprint density at radius 2 is 2.00 bits per heavy atom. The van der Waals surface area contributed by atoms with E-state index in [1.165, 1.54) is 18.4 Å². The maximum Gasteiger partial charge on any atom is 0.123 e. The first-order chi connectivity index (χ1) is 10.1. The van der Waals surface area contributed by atoms with Crippen LogP contribution < -0.4 is 5.32 Å². The third-order valence-corrected chi connectivity index (χ3v) is 4.30. The van der Waals surface area contributed by atoms with Gasteiger partial charge in [0.1, 0.15) is 5.82 Å². The Labute approximate surface area is 128 Å². The van der Waals surface area contributed by atoms with E-state index in [-0.39, 0.29) is 5.82 Å². The summed E-state index contributed by atoms with van der Waals surface area (Å²) in [7, 11) is 0. The van der Waals surface area contributed by atoms with Crippen molar-refractivity contribution in [2.75, 3.05) is 19.6 Å². The van der Waals surface area contributed by atoms with Gasteiger partial charge in [0.25, 0.3) is 0 Å². The lowest BCUT2D eigenvalue weighted by atomic mass is 10.00. The van der Waals surface area contributed by atoms with E-state index < -0.39 is 0 Å². The van der Waals surface area contributed by atoms with Gasteiger partial charge in [-0.3, -0.25) is 4.90 Å². The molecule has 2 atom stereocenters. The summed E-state index contributed by atoms with van der Waals surface area (Å²) >= 11 is 0. The van der Waals surface area contributed by atoms with Gasteiger partial charge in [-0.25, -0.2) is 4.39 Å². The fourth-order valence-corrected chi connectivity index (χ4v) is 3.38. The summed E-state index contributed by atoms with van der Waals surface area (Å²) in [4.78, 5) is 2.58. The number of halogens is 1. The number of nitrogens with one attached hydrogen (secondary N) is 1. The van der Waals surface area contributed by atoms with Crippen LogP contribution in [0.4, 0.5) is 4.39 Å². The molecule has 0 amide bonds. The van der Waals surface area contributed by atoms with E-state index in [0.29, 0.717) is 18.0 Å². The van der Waals surface area contributed by atoms with Crippen LogP contribution in [0.1, 0.15) is 51.6 Å². The van der Waals surface area contributed by atoms with Gasteiger partial charge in [0.15, 0.2) is 0 Å². The van der Waals surface area contributed by atoms with Crippen LogP contribution in [0.5, 0.6) is 0 Å². The van der Waals surface area contributed by atoms with Gasteiger partial charge in [-0.1, -0.05) is 32.9 Å². The fourth-order valence-electron chi connectivity index (χ4n) is 3.38. The first-order valence-electron chi connectivity index (χ1n) is 8.33. The highest BCUT2D eigenvalue weighted by atomic mass is 19.1. The smallest absolute Gasteiger partial charge is 0.123 e. The van der Waals surface area contributed by atoms with Gasteiger partial charge in [-0.15, -0.1) is 0 Å². The summed E-state index contributed by atoms with van der Waals surface area (Å²) in [5.41, 5.74) is 1.23. The molecule has 118 valence electrons. The number of hydrogen-bond acceptors (Lipinski definition) is 2. The highest BCUT2D eigenvalue weighted by Crippen LogP contribution is 2.26. The zero-order valence-electron chi connectivity index (χ0n) is 13.6. The summed E-state index contributed by atoms with van der Waals surface area (Å²) in [6, 6.07) is 8.05. The Bertz CT molecular complexity index is 410. The second kappa shape index (κ2) is 7.90. The molecule has 1 aromatic rings. The molecule has 1 heterocycles. The molecular formula is C18H29FN2. The van der Waals surface area contributed by atoms with Crippen LogP contribution in [0, 0.1) is 11.7 Å². The molecule has 1 aliphatic rings. The Morgan fingerprint density at radius 1 is 1.29 bits per heavy atom. The summed E-state index contributed by atoms with van der Waals surface area (Å²) in [6.45, 7) is 10.1. The lowest BCUT2D eigenvalue weighted by Crippen LogP contribution is -2.41. The van der Waals surface area contributed by atoms with E-state index in [1.54, 1.807) is 12.1 Å². The summed E-state index contributed by atoms with van der Waals surface area (Å²) in [6.07, 6.45) is 3.62. The molecule has 2 nitrogen and oxygen atoms in total. The largest absolute Gasteiger partial charge is 0.313 e. The zero-order valence-corrected chi connectivity index (χ0v) is 13.6. The molecule has 0 aromatic heterocycles. The Hall–Kier alpha value is -0.930. The average molecular weight is 292 g/mol. The van der Waals surface area contributed by atoms with Crippen LogP contribution in [0.2, 0.25) is 0 Å². The number of nitrogens with zero attached hydrogens (tertiary/aromatic N) is 1. The molecule has 3 heteroatoms. The van der Waals surface area contributed by atoms with Crippen LogP contribution in [0.15, 0.2) is 24.3 Å². The fraction of sp³-hybridized carbons (Fsp3) is 0.667. The molecule has 0 aliphatic carbocycles. The molecular weight excluding hydrogens is 263 g/mol. The van der Waals surface area contributed by atoms with Crippen molar-refractivity contribution in [3.63, 3.8) is 0 Å². The Balaban J connectivity index is 2.12. The van der Waals surface area contributed by atoms with Crippen molar-refractivity contribution in [1.82, 2.24) is 10.2 Å². The van der Waals surface area contributed by atoms with Crippen LogP contribution in [-0.2, 0) is 0 Å². The van der Waals surface area contributed by atoms with E-state index in [1.807, 2.05) is 12.1 Å². The predicted octanol–water partition coefficient (Wildman–Crippen LogP) is 3.99. The molecule has 1 fully saturated rings. The molecule has 1 N–H and O–H groups in total. The number of hydrogen-bond donors (Lipinski definition) is 1. The minimum atomic E-state index is -0.151. The number of benzene rings is 1. The lowest BCUT2D eigenvalue weighted by Gasteiger charge is -2.35. The second-order valence-corrected chi connectivity index (χ2v) is 6.62. The second-order valence-electron chi connectivity index (χ2n) is 6.62. The van der Waals surface area contributed by atoms with Crippen molar-refractivity contribution >= 4 is 0 Å². The van der Waals surface area contributed by atoms with E-state index in [0.717, 1.165) is 26.1 Å². The van der Waals surface area contributed by atoms with Crippen molar-refractivity contribution in [2.45, 2.75) is 52.1 Å². The molecule has 1 aromatic carbocycles. The van der Waals surface area contributed by atoms with Gasteiger partial charge >= 0.3 is 0 Å². The Kier molecular flexibility index (Phi) is 6.19. The van der Waals surface area contributed by atoms with Crippen molar-refractivity contribution in [2.24, 2.45) is 5.92 Å². The van der Waals surface area contributed by atoms with Crippen molar-refractivity contribution in [3.05, 3.63) is 35.6 Å². The average Bonchev–Trinajstić information content (AvgIpc) is 2.94. The molecule has 0 radical (unpaired) electrons. The first kappa shape index (κ1) is 16.4. The van der Waals surface area contributed by atoms with Crippen molar-refractivity contribution < 1.29 is 4.39 Å². The molecule has 0 bridgehead atoms. The highest BCUT2D eigenvalue weighted by Gasteiger charge is 2.24. The molecule has 1 saturated heterocycles. The number of rotatable bonds is 7. The third kappa shape index (κ3) is 4.79. The summed E-state index contributed by atoms with van der Waals surface area (Å²) < 4.78 is 13.2. The predicted molar refractivity (Wildman–Crippen MR) is 86.9 cm³/mol. The highest BCUT2D eigenvalue weighted by molar-refractivity contribution is 5.20. The minimum absolute atomic E-state index is 0.151. The van der Waals surface area contributed by atoms with Crippen LogP contribution in [-0.4, -0.2) is 30.6 Å². The summed E-state index contributed by atoms with van der Waals surface area (Å²) in [5, 5.41) is 3.60. The van der Waals surface area contributed by atoms with Gasteiger partial charge in [0, 0.05) is 25.2 Å². The van der Waals surface area contributed by atoms with Crippen LogP contribution in [0.3, 0.4) is 0 Å². The van der Waals surface area contributed by atoms with E-state index in [9.17, 15) is 4.39 Å². The maximum absolute atomic E-state index is 13.2. The molecule has 2 unspecified atom stereocenters. The van der Waals surface area contributed by atoms with Crippen LogP contribution >= 0.6 is 0 Å². The zero-order chi connectivity index (χ0) is 15.2. The van der Waals surface area contributed by atoms with Gasteiger partial charge in [0.2, 0.25) is 0 Å². The summed E-state index contributed by atoms with van der Waals surface area (Å²) in [5.74, 6) is 0.488. The quantitative estimate of drug-likeness (QED) is 0.817. The molecule has 0 saturated carbocycles. The topological polar surface area (TPSA) is 15.3 Å². The van der Waals surface area contributed by atoms with Gasteiger partial charge in [0.05, 0.1) is 0 Å². The first-order valence-corrected chi connectivity index (χ1v) is 8.33. The minimum Gasteiger partial charge on any atom is -0.313 e. The van der Waals surface area contributed by atoms with E-state index in [2.05, 4.69) is 31.0 Å². The van der Waals surface area contributed by atoms with Crippen molar-refractivity contribution in [3.8, 4) is 0 Å². The maximum atomic E-state index is 13.2. The monoisotopic (exact) mass is 292 g/mol. The van der Waals surface area contributed by atoms with Gasteiger partial charge < -0.3 is 5.32 Å². The van der Waals surface area contributed by atoms with Crippen molar-refractivity contribution in [1.29, 1.82) is 0 Å². The van der Waals surface area contributed by atoms with Gasteiger partial charge in [-0.05, 0) is 49.4 Å². The third-order valence-electron chi connectivity index (χ3n) is 4.30. The molecule has 1 aliphatic heterocycles. The molecule has 2 rings (SSSR count). The SMILES string of the molecule is CCC(c1ccc(F)cc1)N(CC(C)C)CC1CCCN1. The Morgan fingerprint density at radius 3 is 2.52 bits per heavy atom. The van der Waals surface area contributed by atoms with Crippen LogP contribution in [0.25, 0.3) is 0 Å². The standard InChI is InChI=1S/C18H29FN2/c1-4-18(15-7-9-16(19)10-8-15)21(12-14(2)3)13-17-6-5-11-20-17/h7-10,14,17-18,20H,4-6,11-13H2,1-3H3. The van der Waals surface area contributed by atoms with Gasteiger partial charge in [-0.2, -0.15) is 0 Å².